The molecule has 0 spiro atoms. The topological polar surface area (TPSA) is 17.1 Å². The molecule has 4 rings (SSSR count). The maximum absolute atomic E-state index is 13.7. The highest BCUT2D eigenvalue weighted by molar-refractivity contribution is 5.83. The Morgan fingerprint density at radius 1 is 0.939 bits per heavy atom. The minimum absolute atomic E-state index is 0.250. The molecule has 0 radical (unpaired) electrons. The molecule has 0 aromatic rings. The van der Waals surface area contributed by atoms with Crippen molar-refractivity contribution in [2.75, 3.05) is 0 Å². The highest BCUT2D eigenvalue weighted by Crippen LogP contribution is 2.73. The fourth-order valence-corrected chi connectivity index (χ4v) is 10.2. The fourth-order valence-electron chi connectivity index (χ4n) is 10.2. The van der Waals surface area contributed by atoms with Gasteiger partial charge in [-0.05, 0) is 114 Å². The van der Waals surface area contributed by atoms with Crippen molar-refractivity contribution < 1.29 is 4.79 Å². The van der Waals surface area contributed by atoms with Crippen LogP contribution in [-0.2, 0) is 4.79 Å². The van der Waals surface area contributed by atoms with Crippen LogP contribution in [0.4, 0.5) is 0 Å². The summed E-state index contributed by atoms with van der Waals surface area (Å²) in [6, 6.07) is 0. The second-order valence-electron chi connectivity index (χ2n) is 15.8. The zero-order valence-electron chi connectivity index (χ0n) is 23.9. The first kappa shape index (κ1) is 25.8. The van der Waals surface area contributed by atoms with Crippen LogP contribution in [0.2, 0.25) is 0 Å². The second-order valence-corrected chi connectivity index (χ2v) is 15.8. The van der Waals surface area contributed by atoms with Crippen LogP contribution in [0.3, 0.4) is 0 Å². The molecule has 0 amide bonds. The monoisotopic (exact) mass is 456 g/mol. The van der Waals surface area contributed by atoms with E-state index in [4.69, 9.17) is 0 Å². The van der Waals surface area contributed by atoms with Crippen LogP contribution in [0.5, 0.6) is 0 Å². The number of fused-ring (bicyclic) bond motifs is 5. The van der Waals surface area contributed by atoms with Gasteiger partial charge in [-0.1, -0.05) is 69.2 Å². The Labute approximate surface area is 206 Å². The Morgan fingerprint density at radius 3 is 2.21 bits per heavy atom. The predicted octanol–water partition coefficient (Wildman–Crippen LogP) is 9.20. The van der Waals surface area contributed by atoms with Gasteiger partial charge in [0, 0.05) is 12.3 Å². The van der Waals surface area contributed by atoms with Gasteiger partial charge in [0.1, 0.15) is 5.78 Å². The Kier molecular flexibility index (Phi) is 6.53. The summed E-state index contributed by atoms with van der Waals surface area (Å²) in [6.07, 6.45) is 11.5. The number of hydrogen-bond acceptors (Lipinski definition) is 1. The number of hydrogen-bond donors (Lipinski definition) is 0. The number of carbonyl (C=O) groups is 1. The van der Waals surface area contributed by atoms with Crippen LogP contribution < -0.4 is 0 Å². The lowest BCUT2D eigenvalue weighted by molar-refractivity contribution is -0.177. The molecule has 0 aromatic heterocycles. The molecule has 4 saturated carbocycles. The summed E-state index contributed by atoms with van der Waals surface area (Å²) in [5, 5.41) is 0. The van der Waals surface area contributed by atoms with Crippen molar-refractivity contribution in [2.24, 2.45) is 69.0 Å². The Morgan fingerprint density at radius 2 is 1.58 bits per heavy atom. The van der Waals surface area contributed by atoms with Gasteiger partial charge in [0.05, 0.1) is 0 Å². The first-order chi connectivity index (χ1) is 15.1. The first-order valence-electron chi connectivity index (χ1n) is 14.7. The SMILES string of the molecule is C[C@H]([C@H](C)CCC(C)(C)C)[C@H]1CC[C@@]2(C)C3CC(=O)[C@@H]4C[C@@H](C)[C@@H](C)C[C@]4(C)C3CC[C@]12C. The van der Waals surface area contributed by atoms with Crippen molar-refractivity contribution in [3.05, 3.63) is 0 Å². The van der Waals surface area contributed by atoms with Gasteiger partial charge < -0.3 is 0 Å². The third kappa shape index (κ3) is 3.98. The van der Waals surface area contributed by atoms with Crippen molar-refractivity contribution in [3.63, 3.8) is 0 Å². The van der Waals surface area contributed by atoms with E-state index in [2.05, 4.69) is 69.2 Å². The Bertz CT molecular complexity index is 746. The van der Waals surface area contributed by atoms with Crippen molar-refractivity contribution in [3.8, 4) is 0 Å². The van der Waals surface area contributed by atoms with Gasteiger partial charge in [-0.3, -0.25) is 4.79 Å². The van der Waals surface area contributed by atoms with Gasteiger partial charge in [-0.15, -0.1) is 0 Å². The molecule has 11 atom stereocenters. The molecule has 0 saturated heterocycles. The van der Waals surface area contributed by atoms with Crippen LogP contribution in [0, 0.1) is 69.0 Å². The minimum Gasteiger partial charge on any atom is -0.299 e. The van der Waals surface area contributed by atoms with Gasteiger partial charge in [0.2, 0.25) is 0 Å². The van der Waals surface area contributed by atoms with Crippen LogP contribution in [0.25, 0.3) is 0 Å². The predicted molar refractivity (Wildman–Crippen MR) is 141 cm³/mol. The van der Waals surface area contributed by atoms with Crippen LogP contribution in [-0.4, -0.2) is 5.78 Å². The fraction of sp³-hybridized carbons (Fsp3) is 0.969. The molecular weight excluding hydrogens is 400 g/mol. The third-order valence-electron chi connectivity index (χ3n) is 13.1. The van der Waals surface area contributed by atoms with E-state index < -0.39 is 0 Å². The standard InChI is InChI=1S/C32H56O/c1-20(11-14-29(5,6)7)23(4)24-12-15-32(10)26-18-28(33)27-17-21(2)22(3)19-30(27,8)25(26)13-16-31(24,32)9/h20-27H,11-19H2,1-10H3/t20-,21-,22+,23-,24-,25?,26?,27+,30-,31-,32+/m1/s1. The quantitative estimate of drug-likeness (QED) is 0.412. The van der Waals surface area contributed by atoms with Crippen LogP contribution in [0.15, 0.2) is 0 Å². The van der Waals surface area contributed by atoms with E-state index in [9.17, 15) is 4.79 Å². The van der Waals surface area contributed by atoms with Gasteiger partial charge in [0.25, 0.3) is 0 Å². The summed E-state index contributed by atoms with van der Waals surface area (Å²) in [4.78, 5) is 13.7. The maximum atomic E-state index is 13.7. The summed E-state index contributed by atoms with van der Waals surface area (Å²) < 4.78 is 0. The highest BCUT2D eigenvalue weighted by atomic mass is 16.1. The summed E-state index contributed by atoms with van der Waals surface area (Å²) in [5.41, 5.74) is 1.43. The van der Waals surface area contributed by atoms with Gasteiger partial charge >= 0.3 is 0 Å². The Hall–Kier alpha value is -0.330. The van der Waals surface area contributed by atoms with E-state index in [1.54, 1.807) is 0 Å². The van der Waals surface area contributed by atoms with E-state index in [0.717, 1.165) is 42.4 Å². The molecule has 190 valence electrons. The van der Waals surface area contributed by atoms with Crippen LogP contribution in [0.1, 0.15) is 127 Å². The smallest absolute Gasteiger partial charge is 0.136 e. The summed E-state index contributed by atoms with van der Waals surface area (Å²) in [5.74, 6) is 6.23. The summed E-state index contributed by atoms with van der Waals surface area (Å²) in [7, 11) is 0. The molecule has 0 bridgehead atoms. The Balaban J connectivity index is 1.58. The molecule has 0 aliphatic heterocycles. The third-order valence-corrected chi connectivity index (χ3v) is 13.1. The molecule has 2 unspecified atom stereocenters. The average molecular weight is 457 g/mol. The minimum atomic E-state index is 0.250. The van der Waals surface area contributed by atoms with E-state index in [1.165, 1.54) is 44.9 Å². The van der Waals surface area contributed by atoms with Crippen molar-refractivity contribution >= 4 is 5.78 Å². The van der Waals surface area contributed by atoms with E-state index in [1.807, 2.05) is 0 Å². The largest absolute Gasteiger partial charge is 0.299 e. The second kappa shape index (κ2) is 8.37. The highest BCUT2D eigenvalue weighted by Gasteiger charge is 2.67. The first-order valence-corrected chi connectivity index (χ1v) is 14.7. The molecular formula is C32H56O. The van der Waals surface area contributed by atoms with Gasteiger partial charge in [-0.25, -0.2) is 0 Å². The van der Waals surface area contributed by atoms with Crippen molar-refractivity contribution in [2.45, 2.75) is 127 Å². The molecule has 33 heavy (non-hydrogen) atoms. The zero-order valence-corrected chi connectivity index (χ0v) is 23.9. The number of carbonyl (C=O) groups excluding carboxylic acids is 1. The molecule has 1 nitrogen and oxygen atoms in total. The number of ketones is 1. The summed E-state index contributed by atoms with van der Waals surface area (Å²) in [6.45, 7) is 25.0. The molecule has 4 fully saturated rings. The molecule has 0 aromatic carbocycles. The lowest BCUT2D eigenvalue weighted by atomic mass is 9.39. The van der Waals surface area contributed by atoms with E-state index in [-0.39, 0.29) is 5.41 Å². The lowest BCUT2D eigenvalue weighted by Crippen LogP contribution is -2.60. The molecule has 1 heteroatoms. The molecule has 4 aliphatic carbocycles. The molecule has 0 heterocycles. The average Bonchev–Trinajstić information content (AvgIpc) is 2.99. The van der Waals surface area contributed by atoms with Crippen molar-refractivity contribution in [1.29, 1.82) is 0 Å². The maximum Gasteiger partial charge on any atom is 0.136 e. The zero-order chi connectivity index (χ0) is 24.6. The van der Waals surface area contributed by atoms with E-state index in [0.29, 0.717) is 39.8 Å². The number of rotatable bonds is 4. The van der Waals surface area contributed by atoms with Gasteiger partial charge in [-0.2, -0.15) is 0 Å². The number of Topliss-reactive ketones (excluding diaryl/α,β-unsaturated/α-hetero) is 1. The van der Waals surface area contributed by atoms with Crippen molar-refractivity contribution in [1.82, 2.24) is 0 Å². The van der Waals surface area contributed by atoms with E-state index >= 15 is 0 Å². The molecule has 4 aliphatic rings. The molecule has 0 N–H and O–H groups in total. The van der Waals surface area contributed by atoms with Gasteiger partial charge in [0.15, 0.2) is 0 Å². The normalized spacial score (nSPS) is 49.7. The summed E-state index contributed by atoms with van der Waals surface area (Å²) >= 11 is 0. The van der Waals surface area contributed by atoms with Crippen LogP contribution >= 0.6 is 0 Å². The lowest BCUT2D eigenvalue weighted by Gasteiger charge is -2.65.